The van der Waals surface area contributed by atoms with Gasteiger partial charge in [0.25, 0.3) is 0 Å². The Bertz CT molecular complexity index is 779. The fraction of sp³-hybridized carbons (Fsp3) is 0. The smallest absolute Gasteiger partial charge is 0.205 e. The highest BCUT2D eigenvalue weighted by atomic mass is 35.5. The molecule has 3 aromatic rings. The Labute approximate surface area is 137 Å². The van der Waals surface area contributed by atoms with Crippen molar-refractivity contribution in [1.29, 1.82) is 0 Å². The first kappa shape index (κ1) is 14.6. The van der Waals surface area contributed by atoms with Gasteiger partial charge in [0.2, 0.25) is 5.13 Å². The SMILES string of the molecule is Nc1csc(NN=Cc2ccc(-c3ccc(Cl)cc3)cc2)n1. The molecule has 0 atom stereocenters. The summed E-state index contributed by atoms with van der Waals surface area (Å²) in [6.07, 6.45) is 1.74. The number of nitrogens with two attached hydrogens (primary N) is 1. The van der Waals surface area contributed by atoms with Gasteiger partial charge >= 0.3 is 0 Å². The van der Waals surface area contributed by atoms with E-state index in [1.165, 1.54) is 11.3 Å². The van der Waals surface area contributed by atoms with Crippen molar-refractivity contribution in [2.75, 3.05) is 11.2 Å². The molecule has 0 aliphatic heterocycles. The van der Waals surface area contributed by atoms with Crippen LogP contribution in [0.1, 0.15) is 5.56 Å². The number of aromatic nitrogens is 1. The molecule has 0 spiro atoms. The van der Waals surface area contributed by atoms with Crippen molar-refractivity contribution in [3.05, 3.63) is 64.5 Å². The molecule has 0 saturated carbocycles. The largest absolute Gasteiger partial charge is 0.383 e. The molecule has 0 unspecified atom stereocenters. The Morgan fingerprint density at radius 1 is 1.05 bits per heavy atom. The summed E-state index contributed by atoms with van der Waals surface area (Å²) >= 11 is 7.31. The molecule has 0 amide bonds. The zero-order chi connectivity index (χ0) is 15.4. The summed E-state index contributed by atoms with van der Waals surface area (Å²) in [4.78, 5) is 4.06. The Morgan fingerprint density at radius 3 is 2.27 bits per heavy atom. The Hall–Kier alpha value is -2.37. The minimum Gasteiger partial charge on any atom is -0.383 e. The maximum atomic E-state index is 5.90. The van der Waals surface area contributed by atoms with Gasteiger partial charge in [0.1, 0.15) is 5.82 Å². The van der Waals surface area contributed by atoms with Gasteiger partial charge in [0.15, 0.2) is 0 Å². The molecular weight excluding hydrogens is 316 g/mol. The average molecular weight is 329 g/mol. The number of benzene rings is 2. The van der Waals surface area contributed by atoms with E-state index in [9.17, 15) is 0 Å². The lowest BCUT2D eigenvalue weighted by molar-refractivity contribution is 1.29. The molecule has 4 nitrogen and oxygen atoms in total. The highest BCUT2D eigenvalue weighted by Gasteiger charge is 1.98. The van der Waals surface area contributed by atoms with Crippen molar-refractivity contribution in [3.8, 4) is 11.1 Å². The predicted octanol–water partition coefficient (Wildman–Crippen LogP) is 4.49. The van der Waals surface area contributed by atoms with Gasteiger partial charge in [0, 0.05) is 10.4 Å². The number of hydrogen-bond acceptors (Lipinski definition) is 5. The zero-order valence-electron chi connectivity index (χ0n) is 11.5. The van der Waals surface area contributed by atoms with Crippen LogP contribution in [-0.4, -0.2) is 11.2 Å². The van der Waals surface area contributed by atoms with Crippen LogP contribution in [0.15, 0.2) is 59.0 Å². The van der Waals surface area contributed by atoms with Crippen LogP contribution in [0, 0.1) is 0 Å². The molecule has 0 aliphatic carbocycles. The van der Waals surface area contributed by atoms with Crippen molar-refractivity contribution in [2.45, 2.75) is 0 Å². The molecule has 0 saturated heterocycles. The summed E-state index contributed by atoms with van der Waals surface area (Å²) in [5, 5.41) is 7.31. The zero-order valence-corrected chi connectivity index (χ0v) is 13.1. The lowest BCUT2D eigenvalue weighted by Crippen LogP contribution is -1.91. The van der Waals surface area contributed by atoms with Crippen LogP contribution < -0.4 is 11.2 Å². The van der Waals surface area contributed by atoms with Crippen molar-refractivity contribution in [3.63, 3.8) is 0 Å². The molecule has 22 heavy (non-hydrogen) atoms. The van der Waals surface area contributed by atoms with Gasteiger partial charge in [-0.3, -0.25) is 5.43 Å². The van der Waals surface area contributed by atoms with E-state index in [1.54, 1.807) is 11.6 Å². The molecular formula is C16H13ClN4S. The third-order valence-corrected chi connectivity index (χ3v) is 4.00. The Kier molecular flexibility index (Phi) is 4.37. The van der Waals surface area contributed by atoms with E-state index in [-0.39, 0.29) is 0 Å². The van der Waals surface area contributed by atoms with Crippen LogP contribution in [0.25, 0.3) is 11.1 Å². The molecule has 0 radical (unpaired) electrons. The number of thiazole rings is 1. The molecule has 110 valence electrons. The van der Waals surface area contributed by atoms with E-state index >= 15 is 0 Å². The second kappa shape index (κ2) is 6.60. The Morgan fingerprint density at radius 2 is 1.68 bits per heavy atom. The van der Waals surface area contributed by atoms with Crippen LogP contribution in [-0.2, 0) is 0 Å². The van der Waals surface area contributed by atoms with Crippen LogP contribution in [0.5, 0.6) is 0 Å². The maximum Gasteiger partial charge on any atom is 0.205 e. The van der Waals surface area contributed by atoms with E-state index in [2.05, 4.69) is 15.5 Å². The van der Waals surface area contributed by atoms with Gasteiger partial charge in [0.05, 0.1) is 6.21 Å². The second-order valence-electron chi connectivity index (χ2n) is 4.58. The van der Waals surface area contributed by atoms with E-state index < -0.39 is 0 Å². The second-order valence-corrected chi connectivity index (χ2v) is 5.87. The lowest BCUT2D eigenvalue weighted by Gasteiger charge is -2.02. The highest BCUT2D eigenvalue weighted by molar-refractivity contribution is 7.14. The number of nitrogen functional groups attached to an aromatic ring is 1. The van der Waals surface area contributed by atoms with E-state index in [0.29, 0.717) is 10.9 Å². The molecule has 1 aromatic heterocycles. The summed E-state index contributed by atoms with van der Waals surface area (Å²) < 4.78 is 0. The fourth-order valence-corrected chi connectivity index (χ4v) is 2.58. The van der Waals surface area contributed by atoms with Gasteiger partial charge in [-0.05, 0) is 28.8 Å². The molecule has 0 bridgehead atoms. The standard InChI is InChI=1S/C16H13ClN4S/c17-14-7-5-13(6-8-14)12-3-1-11(2-4-12)9-19-21-16-20-15(18)10-22-16/h1-10H,18H2,(H,20,21). The van der Waals surface area contributed by atoms with Crippen molar-refractivity contribution < 1.29 is 0 Å². The summed E-state index contributed by atoms with van der Waals surface area (Å²) in [7, 11) is 0. The number of hydrogen-bond donors (Lipinski definition) is 2. The summed E-state index contributed by atoms with van der Waals surface area (Å²) in [6, 6.07) is 15.9. The lowest BCUT2D eigenvalue weighted by atomic mass is 10.0. The van der Waals surface area contributed by atoms with Gasteiger partial charge < -0.3 is 5.73 Å². The third kappa shape index (κ3) is 3.63. The van der Waals surface area contributed by atoms with E-state index in [1.807, 2.05) is 48.5 Å². The first-order chi connectivity index (χ1) is 10.7. The van der Waals surface area contributed by atoms with Crippen LogP contribution in [0.3, 0.4) is 0 Å². The van der Waals surface area contributed by atoms with Gasteiger partial charge in [-0.2, -0.15) is 5.10 Å². The van der Waals surface area contributed by atoms with Crippen LogP contribution in [0.2, 0.25) is 5.02 Å². The molecule has 0 fully saturated rings. The normalized spacial score (nSPS) is 11.0. The van der Waals surface area contributed by atoms with E-state index in [0.717, 1.165) is 21.7 Å². The monoisotopic (exact) mass is 328 g/mol. The highest BCUT2D eigenvalue weighted by Crippen LogP contribution is 2.21. The van der Waals surface area contributed by atoms with Crippen LogP contribution in [0.4, 0.5) is 10.9 Å². The predicted molar refractivity (Wildman–Crippen MR) is 94.6 cm³/mol. The molecule has 6 heteroatoms. The minimum atomic E-state index is 0.495. The average Bonchev–Trinajstić information content (AvgIpc) is 2.94. The van der Waals surface area contributed by atoms with Crippen molar-refractivity contribution in [1.82, 2.24) is 4.98 Å². The number of nitrogens with one attached hydrogen (secondary N) is 1. The summed E-state index contributed by atoms with van der Waals surface area (Å²) in [6.45, 7) is 0. The van der Waals surface area contributed by atoms with Gasteiger partial charge in [-0.1, -0.05) is 48.0 Å². The first-order valence-corrected chi connectivity index (χ1v) is 7.82. The molecule has 1 heterocycles. The number of nitrogens with zero attached hydrogens (tertiary/aromatic N) is 2. The minimum absolute atomic E-state index is 0.495. The van der Waals surface area contributed by atoms with E-state index in [4.69, 9.17) is 17.3 Å². The van der Waals surface area contributed by atoms with Gasteiger partial charge in [-0.15, -0.1) is 11.3 Å². The number of rotatable bonds is 4. The number of hydrazone groups is 1. The quantitative estimate of drug-likeness (QED) is 0.548. The molecule has 2 aromatic carbocycles. The van der Waals surface area contributed by atoms with Gasteiger partial charge in [-0.25, -0.2) is 4.98 Å². The topological polar surface area (TPSA) is 63.3 Å². The Balaban J connectivity index is 1.67. The third-order valence-electron chi connectivity index (χ3n) is 2.98. The number of anilines is 2. The molecule has 3 N–H and O–H groups in total. The van der Waals surface area contributed by atoms with Crippen molar-refractivity contribution in [2.24, 2.45) is 5.10 Å². The fourth-order valence-electron chi connectivity index (χ4n) is 1.90. The number of halogens is 1. The molecule has 0 aliphatic rings. The van der Waals surface area contributed by atoms with Crippen LogP contribution >= 0.6 is 22.9 Å². The molecule has 3 rings (SSSR count). The first-order valence-electron chi connectivity index (χ1n) is 6.57. The summed E-state index contributed by atoms with van der Waals surface area (Å²) in [5.41, 5.74) is 11.6. The maximum absolute atomic E-state index is 5.90. The van der Waals surface area contributed by atoms with Crippen molar-refractivity contribution >= 4 is 40.1 Å². The summed E-state index contributed by atoms with van der Waals surface area (Å²) in [5.74, 6) is 0.495.